The molecule has 0 aromatic heterocycles. The lowest BCUT2D eigenvalue weighted by molar-refractivity contribution is 0.319. The van der Waals surface area contributed by atoms with Crippen molar-refractivity contribution < 1.29 is 9.60 Å². The van der Waals surface area contributed by atoms with Crippen molar-refractivity contribution in [1.82, 2.24) is 4.90 Å². The van der Waals surface area contributed by atoms with Crippen molar-refractivity contribution >= 4 is 23.1 Å². The highest BCUT2D eigenvalue weighted by atomic mass is 32.2. The summed E-state index contributed by atoms with van der Waals surface area (Å²) in [6.45, 7) is -2.18. The first-order chi connectivity index (χ1) is 12.5. The molecule has 1 unspecified atom stereocenters. The summed E-state index contributed by atoms with van der Waals surface area (Å²) < 4.78 is 56.2. The molecule has 0 saturated heterocycles. The summed E-state index contributed by atoms with van der Waals surface area (Å²) in [6.07, 6.45) is 0. The second-order valence-corrected chi connectivity index (χ2v) is 5.90. The van der Waals surface area contributed by atoms with Crippen LogP contribution in [0.4, 0.5) is 11.4 Å². The molecule has 1 heterocycles. The van der Waals surface area contributed by atoms with Gasteiger partial charge in [0.2, 0.25) is 0 Å². The first-order valence-corrected chi connectivity index (χ1v) is 7.15. The molecule has 1 aliphatic heterocycles. The first-order valence-electron chi connectivity index (χ1n) is 9.83. The summed E-state index contributed by atoms with van der Waals surface area (Å²) in [6, 6.07) is 5.92. The Bertz CT molecular complexity index is 825. The van der Waals surface area contributed by atoms with Crippen molar-refractivity contribution in [2.75, 3.05) is 25.5 Å². The molecule has 0 N–H and O–H groups in total. The molecule has 0 bridgehead atoms. The van der Waals surface area contributed by atoms with Crippen molar-refractivity contribution in [2.45, 2.75) is 22.7 Å². The van der Waals surface area contributed by atoms with E-state index < -0.39 is 12.9 Å². The van der Waals surface area contributed by atoms with E-state index in [0.29, 0.717) is 21.2 Å². The third kappa shape index (κ3) is 2.43. The minimum atomic E-state index is -2.25. The molecule has 3 heteroatoms. The van der Waals surface area contributed by atoms with Crippen LogP contribution in [0, 0.1) is 0 Å². The highest BCUT2D eigenvalue weighted by molar-refractivity contribution is 7.99. The van der Waals surface area contributed by atoms with Gasteiger partial charge < -0.3 is 9.80 Å². The third-order valence-corrected chi connectivity index (χ3v) is 4.28. The summed E-state index contributed by atoms with van der Waals surface area (Å²) in [5.41, 5.74) is 1.01. The average molecular weight is 291 g/mol. The zero-order chi connectivity index (χ0) is 20.1. The van der Waals surface area contributed by atoms with Gasteiger partial charge in [-0.3, -0.25) is 0 Å². The Morgan fingerprint density at radius 3 is 2.30 bits per heavy atom. The Morgan fingerprint density at radius 2 is 1.80 bits per heavy atom. The van der Waals surface area contributed by atoms with Crippen molar-refractivity contribution in [3.05, 3.63) is 48.4 Å². The summed E-state index contributed by atoms with van der Waals surface area (Å²) in [5, 5.41) is 0. The number of likely N-dealkylation sites (N-methyl/N-ethyl adjacent to an activating group) is 1. The lowest BCUT2D eigenvalue weighted by atomic mass is 10.2. The zero-order valence-corrected chi connectivity index (χ0v) is 12.2. The van der Waals surface area contributed by atoms with Gasteiger partial charge >= 0.3 is 0 Å². The van der Waals surface area contributed by atoms with Gasteiger partial charge in [0.05, 0.1) is 16.9 Å². The average Bonchev–Trinajstić information content (AvgIpc) is 2.48. The number of fused-ring (bicyclic) bond motifs is 2. The monoisotopic (exact) mass is 291 g/mol. The molecule has 2 aromatic carbocycles. The molecule has 0 amide bonds. The molecule has 2 nitrogen and oxygen atoms in total. The molecule has 20 heavy (non-hydrogen) atoms. The van der Waals surface area contributed by atoms with Gasteiger partial charge in [-0.05, 0) is 45.2 Å². The minimum absolute atomic E-state index is 0.0660. The number of benzene rings is 2. The Labute approximate surface area is 135 Å². The Kier molecular flexibility index (Phi) is 2.07. The van der Waals surface area contributed by atoms with Gasteiger partial charge in [0.25, 0.3) is 0 Å². The van der Waals surface area contributed by atoms with Crippen LogP contribution in [0.15, 0.2) is 58.2 Å². The van der Waals surface area contributed by atoms with E-state index in [0.717, 1.165) is 0 Å². The van der Waals surface area contributed by atoms with Crippen LogP contribution < -0.4 is 4.90 Å². The standard InChI is InChI=1S/C17H20N2S/c1-13(18(2)3)12-19-14-8-4-6-10-16(14)20-17-11-7-5-9-15(17)19/h4-11,13H,12H2,1-3H3/i1D3,6D,7D,8D,9D. The van der Waals surface area contributed by atoms with E-state index in [1.807, 2.05) is 0 Å². The number of rotatable bonds is 3. The molecule has 0 fully saturated rings. The minimum Gasteiger partial charge on any atom is -0.338 e. The second kappa shape index (κ2) is 5.51. The maximum absolute atomic E-state index is 8.35. The molecule has 0 aliphatic carbocycles. The van der Waals surface area contributed by atoms with Gasteiger partial charge in [0, 0.05) is 26.5 Å². The van der Waals surface area contributed by atoms with Crippen LogP contribution >= 0.6 is 11.8 Å². The number of hydrogen-bond donors (Lipinski definition) is 0. The molecule has 0 radical (unpaired) electrons. The highest BCUT2D eigenvalue weighted by Gasteiger charge is 2.24. The van der Waals surface area contributed by atoms with Crippen molar-refractivity contribution in [3.8, 4) is 0 Å². The van der Waals surface area contributed by atoms with Crippen molar-refractivity contribution in [3.63, 3.8) is 0 Å². The van der Waals surface area contributed by atoms with Crippen LogP contribution in [0.25, 0.3) is 0 Å². The fourth-order valence-electron chi connectivity index (χ4n) is 2.06. The molecule has 3 rings (SSSR count). The largest absolute Gasteiger partial charge is 0.338 e. The molecule has 2 aromatic rings. The predicted molar refractivity (Wildman–Crippen MR) is 87.2 cm³/mol. The van der Waals surface area contributed by atoms with Crippen LogP contribution in [0.3, 0.4) is 0 Å². The van der Waals surface area contributed by atoms with E-state index in [-0.39, 0.29) is 30.7 Å². The van der Waals surface area contributed by atoms with E-state index in [2.05, 4.69) is 0 Å². The van der Waals surface area contributed by atoms with E-state index >= 15 is 0 Å². The summed E-state index contributed by atoms with van der Waals surface area (Å²) in [5.74, 6) is 0. The van der Waals surface area contributed by atoms with Crippen LogP contribution in [0.2, 0.25) is 0 Å². The quantitative estimate of drug-likeness (QED) is 0.835. The van der Waals surface area contributed by atoms with Gasteiger partial charge in [-0.2, -0.15) is 0 Å². The van der Waals surface area contributed by atoms with Crippen LogP contribution in [-0.4, -0.2) is 31.6 Å². The van der Waals surface area contributed by atoms with E-state index in [1.165, 1.54) is 23.9 Å². The van der Waals surface area contributed by atoms with E-state index in [1.54, 1.807) is 36.0 Å². The smallest absolute Gasteiger partial charge is 0.0645 e. The molecule has 1 aliphatic rings. The van der Waals surface area contributed by atoms with Crippen LogP contribution in [-0.2, 0) is 0 Å². The lowest BCUT2D eigenvalue weighted by Crippen LogP contribution is -2.37. The summed E-state index contributed by atoms with van der Waals surface area (Å²) in [7, 11) is 3.39. The van der Waals surface area contributed by atoms with Gasteiger partial charge in [-0.25, -0.2) is 0 Å². The Morgan fingerprint density at radius 1 is 1.20 bits per heavy atom. The lowest BCUT2D eigenvalue weighted by Gasteiger charge is -2.36. The van der Waals surface area contributed by atoms with Gasteiger partial charge in [-0.1, -0.05) is 36.0 Å². The van der Waals surface area contributed by atoms with E-state index in [4.69, 9.17) is 9.60 Å². The fraction of sp³-hybridized carbons (Fsp3) is 0.294. The second-order valence-electron chi connectivity index (χ2n) is 4.82. The van der Waals surface area contributed by atoms with Crippen molar-refractivity contribution in [2.24, 2.45) is 0 Å². The Hall–Kier alpha value is -1.45. The maximum Gasteiger partial charge on any atom is 0.0645 e. The number of hydrogen-bond acceptors (Lipinski definition) is 3. The molecular weight excluding hydrogens is 264 g/mol. The first kappa shape index (κ1) is 7.53. The molecule has 104 valence electrons. The molecular formula is C17H20N2S. The normalized spacial score (nSPS) is 20.6. The van der Waals surface area contributed by atoms with Crippen molar-refractivity contribution in [1.29, 1.82) is 0 Å². The SMILES string of the molecule is [2H]c1cc([2H])c2c(c1)Sc1cc([2H])cc([2H])c1N2CC(N(C)C)C([2H])([2H])[2H]. The summed E-state index contributed by atoms with van der Waals surface area (Å²) >= 11 is 1.31. The highest BCUT2D eigenvalue weighted by Crippen LogP contribution is 2.47. The topological polar surface area (TPSA) is 6.48 Å². The zero-order valence-electron chi connectivity index (χ0n) is 18.4. The van der Waals surface area contributed by atoms with Gasteiger partial charge in [0.1, 0.15) is 0 Å². The summed E-state index contributed by atoms with van der Waals surface area (Å²) in [4.78, 5) is 4.64. The molecule has 1 atom stereocenters. The van der Waals surface area contributed by atoms with E-state index in [9.17, 15) is 0 Å². The maximum atomic E-state index is 8.35. The van der Waals surface area contributed by atoms with Gasteiger partial charge in [-0.15, -0.1) is 0 Å². The third-order valence-electron chi connectivity index (χ3n) is 3.22. The number of para-hydroxylation sites is 2. The van der Waals surface area contributed by atoms with Crippen LogP contribution in [0.1, 0.15) is 16.4 Å². The Balaban J connectivity index is 2.21. The molecule has 0 spiro atoms. The molecule has 0 saturated carbocycles. The number of nitrogens with zero attached hydrogens (tertiary/aromatic N) is 2. The fourth-order valence-corrected chi connectivity index (χ4v) is 3.08. The number of anilines is 2. The predicted octanol–water partition coefficient (Wildman–Crippen LogP) is 4.24. The van der Waals surface area contributed by atoms with Gasteiger partial charge in [0.15, 0.2) is 0 Å². The van der Waals surface area contributed by atoms with Crippen LogP contribution in [0.5, 0.6) is 0 Å².